The lowest BCUT2D eigenvalue weighted by molar-refractivity contribution is -0.153. The van der Waals surface area contributed by atoms with Gasteiger partial charge in [0.25, 0.3) is 5.91 Å². The Bertz CT molecular complexity index is 1920. The zero-order valence-corrected chi connectivity index (χ0v) is 26.2. The lowest BCUT2D eigenvalue weighted by atomic mass is 9.57. The zero-order valence-electron chi connectivity index (χ0n) is 26.2. The van der Waals surface area contributed by atoms with E-state index in [4.69, 9.17) is 10.5 Å². The van der Waals surface area contributed by atoms with Gasteiger partial charge >= 0.3 is 0 Å². The van der Waals surface area contributed by atoms with Crippen LogP contribution in [0.25, 0.3) is 27.7 Å². The number of carbonyl (C=O) groups is 3. The molecule has 0 radical (unpaired) electrons. The number of likely N-dealkylation sites (N-methyl/N-ethyl adjacent to an activating group) is 1. The van der Waals surface area contributed by atoms with Crippen LogP contribution < -0.4 is 5.73 Å². The third-order valence-electron chi connectivity index (χ3n) is 10.4. The van der Waals surface area contributed by atoms with E-state index in [2.05, 4.69) is 17.0 Å². The van der Waals surface area contributed by atoms with Crippen LogP contribution >= 0.6 is 0 Å². The quantitative estimate of drug-likeness (QED) is 0.261. The lowest BCUT2D eigenvalue weighted by Gasteiger charge is -2.50. The Morgan fingerprint density at radius 2 is 1.68 bits per heavy atom. The number of nitrogens with zero attached hydrogens (tertiary/aromatic N) is 2. The molecule has 0 bridgehead atoms. The number of amides is 1. The maximum atomic E-state index is 14.2. The fraction of sp³-hybridized carbons (Fsp3) is 0.361. The molecule has 244 valence electrons. The van der Waals surface area contributed by atoms with E-state index in [1.165, 1.54) is 16.5 Å². The number of rotatable bonds is 5. The summed E-state index contributed by atoms with van der Waals surface area (Å²) < 4.78 is 5.52. The molecule has 1 amide bonds. The number of primary amides is 1. The normalized spacial score (nSPS) is 26.4. The molecule has 11 heteroatoms. The maximum Gasteiger partial charge on any atom is 0.255 e. The van der Waals surface area contributed by atoms with Crippen molar-refractivity contribution in [3.63, 3.8) is 0 Å². The predicted octanol–water partition coefficient (Wildman–Crippen LogP) is 2.62. The van der Waals surface area contributed by atoms with Gasteiger partial charge in [0.1, 0.15) is 22.8 Å². The van der Waals surface area contributed by atoms with Crippen molar-refractivity contribution in [2.24, 2.45) is 17.6 Å². The minimum absolute atomic E-state index is 0.0279. The fourth-order valence-electron chi connectivity index (χ4n) is 8.23. The zero-order chi connectivity index (χ0) is 33.4. The van der Waals surface area contributed by atoms with Crippen LogP contribution in [0, 0.1) is 11.8 Å². The molecule has 1 aliphatic heterocycles. The van der Waals surface area contributed by atoms with Gasteiger partial charge in [0.15, 0.2) is 11.4 Å². The van der Waals surface area contributed by atoms with Crippen LogP contribution in [0.2, 0.25) is 0 Å². The van der Waals surface area contributed by atoms with Gasteiger partial charge in [0.05, 0.1) is 24.8 Å². The van der Waals surface area contributed by atoms with Crippen LogP contribution in [0.1, 0.15) is 23.1 Å². The number of aliphatic hydroxyl groups is 3. The number of aliphatic hydroxyl groups excluding tert-OH is 2. The fourth-order valence-corrected chi connectivity index (χ4v) is 8.23. The second-order valence-corrected chi connectivity index (χ2v) is 13.2. The first-order chi connectivity index (χ1) is 22.4. The van der Waals surface area contributed by atoms with Crippen molar-refractivity contribution in [3.05, 3.63) is 82.1 Å². The van der Waals surface area contributed by atoms with Gasteiger partial charge in [-0.2, -0.15) is 0 Å². The van der Waals surface area contributed by atoms with Gasteiger partial charge < -0.3 is 30.9 Å². The molecule has 1 heterocycles. The summed E-state index contributed by atoms with van der Waals surface area (Å²) in [7, 11) is 3.16. The van der Waals surface area contributed by atoms with E-state index in [0.29, 0.717) is 18.8 Å². The molecule has 0 spiro atoms. The van der Waals surface area contributed by atoms with Crippen LogP contribution in [-0.4, -0.2) is 99.7 Å². The third kappa shape index (κ3) is 4.60. The van der Waals surface area contributed by atoms with Gasteiger partial charge in [-0.15, -0.1) is 0 Å². The minimum Gasteiger partial charge on any atom is -0.508 e. The Morgan fingerprint density at radius 1 is 1.00 bits per heavy atom. The minimum atomic E-state index is -2.68. The Kier molecular flexibility index (Phi) is 7.47. The molecular weight excluding hydrogens is 602 g/mol. The first-order valence-corrected chi connectivity index (χ1v) is 15.8. The van der Waals surface area contributed by atoms with Crippen LogP contribution in [0.3, 0.4) is 0 Å². The number of hydrogen-bond acceptors (Lipinski definition) is 10. The van der Waals surface area contributed by atoms with Gasteiger partial charge in [0, 0.05) is 31.1 Å². The monoisotopic (exact) mass is 639 g/mol. The SMILES string of the molecule is CN(C)[C@@H]1C(=O)C(C(N)=O)=C(O)[C@@]2(O)C(=O)C3=C(O)c4c(O)ccc(-c5ccc(CN6CCOCC6)c6ccccc56)c4C[C@H]3C[C@@H]12. The smallest absolute Gasteiger partial charge is 0.255 e. The number of Topliss-reactive ketones (excluding diaryl/α,β-unsaturated/α-hetero) is 2. The second kappa shape index (κ2) is 11.3. The summed E-state index contributed by atoms with van der Waals surface area (Å²) >= 11 is 0. The van der Waals surface area contributed by atoms with Gasteiger partial charge in [0.2, 0.25) is 5.78 Å². The number of phenols is 1. The first-order valence-electron chi connectivity index (χ1n) is 15.8. The van der Waals surface area contributed by atoms with E-state index in [1.54, 1.807) is 20.2 Å². The van der Waals surface area contributed by atoms with E-state index >= 15 is 0 Å². The summed E-state index contributed by atoms with van der Waals surface area (Å²) in [6.07, 6.45) is 0.238. The number of carbonyl (C=O) groups excluding carboxylic acids is 3. The highest BCUT2D eigenvalue weighted by Gasteiger charge is 2.64. The number of fused-ring (bicyclic) bond motifs is 4. The summed E-state index contributed by atoms with van der Waals surface area (Å²) in [5.41, 5.74) is 5.27. The summed E-state index contributed by atoms with van der Waals surface area (Å²) in [6.45, 7) is 3.86. The average molecular weight is 640 g/mol. The predicted molar refractivity (Wildman–Crippen MR) is 173 cm³/mol. The van der Waals surface area contributed by atoms with E-state index in [0.717, 1.165) is 41.5 Å². The highest BCUT2D eigenvalue weighted by atomic mass is 16.5. The largest absolute Gasteiger partial charge is 0.508 e. The average Bonchev–Trinajstić information content (AvgIpc) is 3.03. The van der Waals surface area contributed by atoms with Crippen molar-refractivity contribution in [2.45, 2.75) is 31.0 Å². The summed E-state index contributed by atoms with van der Waals surface area (Å²) in [5.74, 6) is -6.72. The number of nitrogens with two attached hydrogens (primary N) is 1. The lowest BCUT2D eigenvalue weighted by Crippen LogP contribution is -2.65. The molecule has 11 nitrogen and oxygen atoms in total. The molecule has 3 aromatic carbocycles. The van der Waals surface area contributed by atoms with Crippen LogP contribution in [0.5, 0.6) is 5.75 Å². The Balaban J connectivity index is 1.37. The van der Waals surface area contributed by atoms with Crippen LogP contribution in [0.4, 0.5) is 0 Å². The maximum absolute atomic E-state index is 14.2. The molecule has 3 aromatic rings. The van der Waals surface area contributed by atoms with Crippen molar-refractivity contribution >= 4 is 34.0 Å². The molecule has 0 aromatic heterocycles. The Labute approximate surface area is 271 Å². The first kappa shape index (κ1) is 31.1. The van der Waals surface area contributed by atoms with Crippen LogP contribution in [0.15, 0.2) is 65.4 Å². The molecule has 4 atom stereocenters. The number of hydrogen-bond donors (Lipinski definition) is 5. The van der Waals surface area contributed by atoms with Gasteiger partial charge in [-0.3, -0.25) is 24.2 Å². The summed E-state index contributed by atoms with van der Waals surface area (Å²) in [5, 5.41) is 47.8. The number of benzene rings is 3. The highest BCUT2D eigenvalue weighted by Crippen LogP contribution is 2.54. The van der Waals surface area contributed by atoms with Gasteiger partial charge in [-0.05, 0) is 71.9 Å². The third-order valence-corrected chi connectivity index (χ3v) is 10.4. The number of morpholine rings is 1. The highest BCUT2D eigenvalue weighted by molar-refractivity contribution is 6.24. The molecule has 2 fully saturated rings. The van der Waals surface area contributed by atoms with Crippen molar-refractivity contribution in [3.8, 4) is 16.9 Å². The molecule has 7 rings (SSSR count). The Hall–Kier alpha value is -4.55. The summed E-state index contributed by atoms with van der Waals surface area (Å²) in [4.78, 5) is 43.7. The molecule has 3 aliphatic carbocycles. The standard InChI is InChI=1S/C36H37N3O8/c1-38(2)30-25-16-19-15-24-23(22-8-7-18(17-39-11-13-47-14-12-39)20-5-3-4-6-21(20)22)9-10-26(40)28(24)31(41)27(19)33(43)36(25,46)34(44)29(32(30)42)35(37)45/h3-10,19,25,30,40-41,44,46H,11-17H2,1-2H3,(H2,37,45)/t19-,25-,30-,36-/m0/s1. The van der Waals surface area contributed by atoms with Gasteiger partial charge in [-0.1, -0.05) is 42.5 Å². The Morgan fingerprint density at radius 3 is 2.36 bits per heavy atom. The molecule has 1 saturated carbocycles. The van der Waals surface area contributed by atoms with Crippen molar-refractivity contribution in [2.75, 3.05) is 40.4 Å². The molecule has 0 unspecified atom stereocenters. The molecule has 47 heavy (non-hydrogen) atoms. The topological polar surface area (TPSA) is 174 Å². The van der Waals surface area contributed by atoms with E-state index in [1.807, 2.05) is 24.3 Å². The summed E-state index contributed by atoms with van der Waals surface area (Å²) in [6, 6.07) is 14.4. The number of phenolic OH excluding ortho intramolecular Hbond substituents is 1. The second-order valence-electron chi connectivity index (χ2n) is 13.2. The van der Waals surface area contributed by atoms with Crippen molar-refractivity contribution in [1.29, 1.82) is 0 Å². The van der Waals surface area contributed by atoms with Crippen LogP contribution in [-0.2, 0) is 32.1 Å². The molecule has 6 N–H and O–H groups in total. The molecule has 1 saturated heterocycles. The van der Waals surface area contributed by atoms with E-state index < -0.39 is 58.0 Å². The number of ether oxygens (including phenoxy) is 1. The number of aromatic hydroxyl groups is 1. The molecule has 4 aliphatic rings. The van der Waals surface area contributed by atoms with E-state index in [-0.39, 0.29) is 29.7 Å². The van der Waals surface area contributed by atoms with Crippen molar-refractivity contribution in [1.82, 2.24) is 9.80 Å². The number of ketones is 2. The van der Waals surface area contributed by atoms with E-state index in [9.17, 15) is 34.8 Å². The van der Waals surface area contributed by atoms with Gasteiger partial charge in [-0.25, -0.2) is 0 Å². The molecular formula is C36H37N3O8. The van der Waals surface area contributed by atoms with Crippen molar-refractivity contribution < 1.29 is 39.5 Å².